The summed E-state index contributed by atoms with van der Waals surface area (Å²) < 4.78 is 0. The highest BCUT2D eigenvalue weighted by molar-refractivity contribution is 8.00. The van der Waals surface area contributed by atoms with Crippen molar-refractivity contribution >= 4 is 11.8 Å². The molecule has 2 aromatic rings. The zero-order valence-corrected chi connectivity index (χ0v) is 13.6. The molecule has 0 heterocycles. The van der Waals surface area contributed by atoms with Crippen LogP contribution in [0.25, 0.3) is 0 Å². The van der Waals surface area contributed by atoms with Crippen molar-refractivity contribution < 1.29 is 0 Å². The third-order valence-corrected chi connectivity index (χ3v) is 5.39. The van der Waals surface area contributed by atoms with Crippen LogP contribution >= 0.6 is 11.8 Å². The summed E-state index contributed by atoms with van der Waals surface area (Å²) in [5.41, 5.74) is 4.33. The van der Waals surface area contributed by atoms with Crippen molar-refractivity contribution in [3.8, 4) is 0 Å². The fraction of sp³-hybridized carbons (Fsp3) is 0.368. The lowest BCUT2D eigenvalue weighted by Gasteiger charge is -2.21. The van der Waals surface area contributed by atoms with E-state index in [1.54, 1.807) is 0 Å². The van der Waals surface area contributed by atoms with E-state index in [0.29, 0.717) is 11.3 Å². The summed E-state index contributed by atoms with van der Waals surface area (Å²) >= 11 is 2.01. The van der Waals surface area contributed by atoms with E-state index < -0.39 is 0 Å². The Kier molecular flexibility index (Phi) is 4.67. The van der Waals surface area contributed by atoms with Crippen molar-refractivity contribution in [2.45, 2.75) is 42.9 Å². The van der Waals surface area contributed by atoms with Crippen LogP contribution in [-0.4, -0.2) is 11.8 Å². The molecule has 2 unspecified atom stereocenters. The highest BCUT2D eigenvalue weighted by Gasteiger charge is 2.32. The minimum Gasteiger partial charge on any atom is -0.309 e. The number of hydrogen-bond donors (Lipinski definition) is 1. The van der Waals surface area contributed by atoms with Crippen LogP contribution in [0, 0.1) is 6.92 Å². The number of benzene rings is 2. The molecule has 0 amide bonds. The number of hydrogen-bond acceptors (Lipinski definition) is 2. The molecular weight excluding hydrogens is 274 g/mol. The molecule has 21 heavy (non-hydrogen) atoms. The van der Waals surface area contributed by atoms with Gasteiger partial charge in [0.1, 0.15) is 0 Å². The van der Waals surface area contributed by atoms with Crippen LogP contribution in [0.5, 0.6) is 0 Å². The Labute approximate surface area is 132 Å². The molecule has 1 N–H and O–H groups in total. The first-order valence-corrected chi connectivity index (χ1v) is 8.70. The number of aryl methyl sites for hydroxylation is 1. The fourth-order valence-corrected chi connectivity index (χ4v) is 4.29. The molecule has 1 aliphatic rings. The number of rotatable bonds is 5. The first-order chi connectivity index (χ1) is 10.3. The average Bonchev–Trinajstić information content (AvgIpc) is 2.85. The van der Waals surface area contributed by atoms with E-state index in [1.807, 2.05) is 11.8 Å². The third-order valence-electron chi connectivity index (χ3n) is 4.11. The van der Waals surface area contributed by atoms with Gasteiger partial charge in [-0.3, -0.25) is 0 Å². The molecule has 1 aliphatic carbocycles. The summed E-state index contributed by atoms with van der Waals surface area (Å²) in [7, 11) is 0. The van der Waals surface area contributed by atoms with Crippen LogP contribution in [0.1, 0.15) is 36.1 Å². The second-order valence-electron chi connectivity index (χ2n) is 5.80. The van der Waals surface area contributed by atoms with Gasteiger partial charge in [-0.2, -0.15) is 0 Å². The predicted octanol–water partition coefficient (Wildman–Crippen LogP) is 4.75. The van der Waals surface area contributed by atoms with E-state index in [-0.39, 0.29) is 0 Å². The van der Waals surface area contributed by atoms with E-state index in [9.17, 15) is 0 Å². The monoisotopic (exact) mass is 297 g/mol. The van der Waals surface area contributed by atoms with Crippen LogP contribution in [0.15, 0.2) is 53.4 Å². The first-order valence-electron chi connectivity index (χ1n) is 7.82. The molecule has 2 heteroatoms. The highest BCUT2D eigenvalue weighted by atomic mass is 32.2. The van der Waals surface area contributed by atoms with Gasteiger partial charge in [-0.15, -0.1) is 11.8 Å². The van der Waals surface area contributed by atoms with Crippen molar-refractivity contribution in [3.05, 3.63) is 65.2 Å². The maximum Gasteiger partial charge on any atom is 0.0450 e. The minimum absolute atomic E-state index is 0.479. The van der Waals surface area contributed by atoms with E-state index in [0.717, 1.165) is 13.0 Å². The van der Waals surface area contributed by atoms with Crippen LogP contribution in [0.2, 0.25) is 0 Å². The molecule has 0 radical (unpaired) electrons. The SMILES string of the molecule is CCCNC1c2ccccc2CC1Sc1ccc(C)cc1. The molecule has 1 nitrogen and oxygen atoms in total. The van der Waals surface area contributed by atoms with Gasteiger partial charge in [-0.05, 0) is 49.6 Å². The molecule has 0 fully saturated rings. The van der Waals surface area contributed by atoms with Gasteiger partial charge >= 0.3 is 0 Å². The summed E-state index contributed by atoms with van der Waals surface area (Å²) in [4.78, 5) is 1.38. The van der Waals surface area contributed by atoms with Gasteiger partial charge in [-0.25, -0.2) is 0 Å². The smallest absolute Gasteiger partial charge is 0.0450 e. The van der Waals surface area contributed by atoms with Gasteiger partial charge in [0.15, 0.2) is 0 Å². The molecule has 0 aromatic heterocycles. The van der Waals surface area contributed by atoms with Crippen molar-refractivity contribution in [3.63, 3.8) is 0 Å². The van der Waals surface area contributed by atoms with Gasteiger partial charge in [0.2, 0.25) is 0 Å². The Morgan fingerprint density at radius 3 is 2.62 bits per heavy atom. The zero-order valence-electron chi connectivity index (χ0n) is 12.8. The van der Waals surface area contributed by atoms with Crippen molar-refractivity contribution in [1.29, 1.82) is 0 Å². The normalized spacial score (nSPS) is 20.5. The predicted molar refractivity (Wildman–Crippen MR) is 92.0 cm³/mol. The van der Waals surface area contributed by atoms with E-state index in [1.165, 1.54) is 28.0 Å². The van der Waals surface area contributed by atoms with Gasteiger partial charge in [-0.1, -0.05) is 48.9 Å². The largest absolute Gasteiger partial charge is 0.309 e. The Bertz CT molecular complexity index is 591. The number of fused-ring (bicyclic) bond motifs is 1. The summed E-state index contributed by atoms with van der Waals surface area (Å²) in [6.45, 7) is 5.46. The van der Waals surface area contributed by atoms with Crippen LogP contribution in [0.4, 0.5) is 0 Å². The maximum absolute atomic E-state index is 3.75. The first kappa shape index (κ1) is 14.7. The van der Waals surface area contributed by atoms with Crippen LogP contribution in [0.3, 0.4) is 0 Å². The lowest BCUT2D eigenvalue weighted by Crippen LogP contribution is -2.27. The highest BCUT2D eigenvalue weighted by Crippen LogP contribution is 2.41. The van der Waals surface area contributed by atoms with Crippen LogP contribution < -0.4 is 5.32 Å². The Hall–Kier alpha value is -1.25. The maximum atomic E-state index is 3.75. The molecule has 0 spiro atoms. The molecule has 0 saturated heterocycles. The Balaban J connectivity index is 1.79. The lowest BCUT2D eigenvalue weighted by molar-refractivity contribution is 0.539. The van der Waals surface area contributed by atoms with E-state index in [4.69, 9.17) is 0 Å². The Morgan fingerprint density at radius 2 is 1.86 bits per heavy atom. The summed E-state index contributed by atoms with van der Waals surface area (Å²) in [6.07, 6.45) is 2.34. The summed E-state index contributed by atoms with van der Waals surface area (Å²) in [5.74, 6) is 0. The fourth-order valence-electron chi connectivity index (χ4n) is 3.00. The average molecular weight is 297 g/mol. The van der Waals surface area contributed by atoms with Crippen molar-refractivity contribution in [1.82, 2.24) is 5.32 Å². The van der Waals surface area contributed by atoms with E-state index in [2.05, 4.69) is 67.7 Å². The van der Waals surface area contributed by atoms with Crippen molar-refractivity contribution in [2.75, 3.05) is 6.54 Å². The third kappa shape index (κ3) is 3.33. The summed E-state index contributed by atoms with van der Waals surface area (Å²) in [6, 6.07) is 18.3. The molecule has 2 aromatic carbocycles. The molecule has 3 rings (SSSR count). The zero-order chi connectivity index (χ0) is 14.7. The topological polar surface area (TPSA) is 12.0 Å². The van der Waals surface area contributed by atoms with Gasteiger partial charge in [0.05, 0.1) is 0 Å². The number of nitrogens with one attached hydrogen (secondary N) is 1. The molecule has 0 saturated carbocycles. The molecule has 2 atom stereocenters. The summed E-state index contributed by atoms with van der Waals surface area (Å²) in [5, 5.41) is 4.34. The van der Waals surface area contributed by atoms with Gasteiger partial charge < -0.3 is 5.32 Å². The standard InChI is InChI=1S/C19H23NS/c1-3-12-20-19-17-7-5-4-6-15(17)13-18(19)21-16-10-8-14(2)9-11-16/h4-11,18-20H,3,12-13H2,1-2H3. The van der Waals surface area contributed by atoms with Gasteiger partial charge in [0, 0.05) is 16.2 Å². The second kappa shape index (κ2) is 6.67. The quantitative estimate of drug-likeness (QED) is 0.854. The van der Waals surface area contributed by atoms with Crippen LogP contribution in [-0.2, 0) is 6.42 Å². The number of thioether (sulfide) groups is 1. The van der Waals surface area contributed by atoms with E-state index >= 15 is 0 Å². The lowest BCUT2D eigenvalue weighted by atomic mass is 10.1. The minimum atomic E-state index is 0.479. The molecule has 0 aliphatic heterocycles. The van der Waals surface area contributed by atoms with Crippen molar-refractivity contribution in [2.24, 2.45) is 0 Å². The second-order valence-corrected chi connectivity index (χ2v) is 7.12. The molecule has 0 bridgehead atoms. The molecular formula is C19H23NS. The molecule has 110 valence electrons. The van der Waals surface area contributed by atoms with Gasteiger partial charge in [0.25, 0.3) is 0 Å². The Morgan fingerprint density at radius 1 is 1.10 bits per heavy atom.